The molecule has 1 aromatic carbocycles. The van der Waals surface area contributed by atoms with Crippen LogP contribution in [0, 0.1) is 5.92 Å². The molecule has 2 rings (SSSR count). The fraction of sp³-hybridized carbons (Fsp3) is 0.588. The Bertz CT molecular complexity index is 673. The molecule has 8 heteroatoms. The lowest BCUT2D eigenvalue weighted by molar-refractivity contribution is 0.115. The van der Waals surface area contributed by atoms with Gasteiger partial charge in [0.05, 0.1) is 17.3 Å². The molecule has 6 nitrogen and oxygen atoms in total. The van der Waals surface area contributed by atoms with E-state index in [1.807, 2.05) is 11.9 Å². The van der Waals surface area contributed by atoms with Crippen LogP contribution in [0.5, 0.6) is 0 Å². The number of guanidine groups is 1. The van der Waals surface area contributed by atoms with Crippen molar-refractivity contribution < 1.29 is 13.2 Å². The van der Waals surface area contributed by atoms with Gasteiger partial charge in [0.15, 0.2) is 15.8 Å². The molecule has 25 heavy (non-hydrogen) atoms. The van der Waals surface area contributed by atoms with E-state index in [0.717, 1.165) is 17.0 Å². The molecule has 1 aliphatic rings. The van der Waals surface area contributed by atoms with Gasteiger partial charge < -0.3 is 15.0 Å². The Labute approximate surface area is 158 Å². The van der Waals surface area contributed by atoms with Gasteiger partial charge in [-0.15, -0.1) is 0 Å². The molecular formula is C17H26BrN3O3S. The minimum Gasteiger partial charge on any atom is -0.379 e. The van der Waals surface area contributed by atoms with Crippen LogP contribution in [0.3, 0.4) is 0 Å². The predicted octanol–water partition coefficient (Wildman–Crippen LogP) is 2.16. The van der Waals surface area contributed by atoms with Crippen LogP contribution in [0.2, 0.25) is 0 Å². The minimum absolute atomic E-state index is 0.0136. The average Bonchev–Trinajstić information content (AvgIpc) is 3.40. The zero-order valence-corrected chi connectivity index (χ0v) is 17.1. The maximum Gasteiger partial charge on any atom is 0.193 e. The first-order chi connectivity index (χ1) is 11.9. The van der Waals surface area contributed by atoms with E-state index >= 15 is 0 Å². The standard InChI is InChI=1S/C17H26BrN3O3S/c1-19-17(21(2)10-11-24-13-14-3-4-14)20-9-12-25(22,23)16-7-5-15(18)6-8-16/h5-8,14H,3-4,9-13H2,1-2H3,(H,19,20). The smallest absolute Gasteiger partial charge is 0.193 e. The summed E-state index contributed by atoms with van der Waals surface area (Å²) >= 11 is 3.31. The lowest BCUT2D eigenvalue weighted by Gasteiger charge is -2.22. The Morgan fingerprint density at radius 1 is 1.36 bits per heavy atom. The number of ether oxygens (including phenoxy) is 1. The summed E-state index contributed by atoms with van der Waals surface area (Å²) in [5.41, 5.74) is 0. The van der Waals surface area contributed by atoms with Gasteiger partial charge in [-0.05, 0) is 43.0 Å². The molecule has 0 bridgehead atoms. The Morgan fingerprint density at radius 2 is 2.04 bits per heavy atom. The van der Waals surface area contributed by atoms with E-state index < -0.39 is 9.84 Å². The van der Waals surface area contributed by atoms with Crippen molar-refractivity contribution in [3.05, 3.63) is 28.7 Å². The van der Waals surface area contributed by atoms with Crippen LogP contribution in [-0.2, 0) is 14.6 Å². The molecule has 0 unspecified atom stereocenters. The topological polar surface area (TPSA) is 71.0 Å². The molecule has 0 amide bonds. The summed E-state index contributed by atoms with van der Waals surface area (Å²) in [7, 11) is 0.292. The van der Waals surface area contributed by atoms with Gasteiger partial charge in [-0.3, -0.25) is 4.99 Å². The highest BCUT2D eigenvalue weighted by molar-refractivity contribution is 9.10. The van der Waals surface area contributed by atoms with Crippen molar-refractivity contribution in [1.29, 1.82) is 0 Å². The number of aliphatic imine (C=N–C) groups is 1. The van der Waals surface area contributed by atoms with E-state index in [0.29, 0.717) is 30.6 Å². The number of nitrogens with zero attached hydrogens (tertiary/aromatic N) is 2. The Kier molecular flexibility index (Phi) is 7.71. The lowest BCUT2D eigenvalue weighted by atomic mass is 10.4. The van der Waals surface area contributed by atoms with Crippen molar-refractivity contribution in [3.8, 4) is 0 Å². The third kappa shape index (κ3) is 6.95. The second-order valence-electron chi connectivity index (χ2n) is 6.19. The van der Waals surface area contributed by atoms with E-state index in [2.05, 4.69) is 26.2 Å². The molecular weight excluding hydrogens is 406 g/mol. The van der Waals surface area contributed by atoms with Gasteiger partial charge in [0.1, 0.15) is 0 Å². The molecule has 1 N–H and O–H groups in total. The SMILES string of the molecule is CN=C(NCCS(=O)(=O)c1ccc(Br)cc1)N(C)CCOCC1CC1. The van der Waals surface area contributed by atoms with Gasteiger partial charge in [-0.1, -0.05) is 15.9 Å². The highest BCUT2D eigenvalue weighted by Gasteiger charge is 2.21. The summed E-state index contributed by atoms with van der Waals surface area (Å²) in [5.74, 6) is 1.44. The third-order valence-corrected chi connectivity index (χ3v) is 6.28. The summed E-state index contributed by atoms with van der Waals surface area (Å²) in [4.78, 5) is 6.46. The van der Waals surface area contributed by atoms with Crippen molar-refractivity contribution >= 4 is 31.7 Å². The van der Waals surface area contributed by atoms with E-state index in [1.54, 1.807) is 31.3 Å². The molecule has 1 saturated carbocycles. The quantitative estimate of drug-likeness (QED) is 0.368. The van der Waals surface area contributed by atoms with Crippen molar-refractivity contribution in [2.24, 2.45) is 10.9 Å². The van der Waals surface area contributed by atoms with E-state index in [9.17, 15) is 8.42 Å². The average molecular weight is 432 g/mol. The summed E-state index contributed by atoms with van der Waals surface area (Å²) < 4.78 is 31.2. The number of rotatable bonds is 9. The van der Waals surface area contributed by atoms with Crippen molar-refractivity contribution in [2.75, 3.05) is 46.2 Å². The van der Waals surface area contributed by atoms with Gasteiger partial charge in [0, 0.05) is 38.3 Å². The van der Waals surface area contributed by atoms with Crippen LogP contribution < -0.4 is 5.32 Å². The number of benzene rings is 1. The number of sulfone groups is 1. The van der Waals surface area contributed by atoms with Gasteiger partial charge in [-0.2, -0.15) is 0 Å². The molecule has 0 saturated heterocycles. The molecule has 0 aromatic heterocycles. The molecule has 1 aliphatic carbocycles. The normalized spacial score (nSPS) is 15.2. The van der Waals surface area contributed by atoms with Gasteiger partial charge in [0.25, 0.3) is 0 Å². The number of hydrogen-bond acceptors (Lipinski definition) is 4. The summed E-state index contributed by atoms with van der Waals surface area (Å²) in [5, 5.41) is 3.10. The highest BCUT2D eigenvalue weighted by atomic mass is 79.9. The first kappa shape index (κ1) is 20.2. The van der Waals surface area contributed by atoms with Crippen molar-refractivity contribution in [3.63, 3.8) is 0 Å². The Morgan fingerprint density at radius 3 is 2.64 bits per heavy atom. The lowest BCUT2D eigenvalue weighted by Crippen LogP contribution is -2.42. The fourth-order valence-electron chi connectivity index (χ4n) is 2.28. The number of halogens is 1. The molecule has 0 atom stereocenters. The maximum atomic E-state index is 12.3. The summed E-state index contributed by atoms with van der Waals surface area (Å²) in [6, 6.07) is 6.68. The first-order valence-corrected chi connectivity index (χ1v) is 10.8. The van der Waals surface area contributed by atoms with E-state index in [-0.39, 0.29) is 5.75 Å². The van der Waals surface area contributed by atoms with Crippen LogP contribution >= 0.6 is 15.9 Å². The fourth-order valence-corrected chi connectivity index (χ4v) is 3.71. The number of hydrogen-bond donors (Lipinski definition) is 1. The Hall–Kier alpha value is -1.12. The zero-order chi connectivity index (χ0) is 18.3. The van der Waals surface area contributed by atoms with E-state index in [4.69, 9.17) is 4.74 Å². The van der Waals surface area contributed by atoms with Crippen molar-refractivity contribution in [1.82, 2.24) is 10.2 Å². The Balaban J connectivity index is 1.74. The van der Waals surface area contributed by atoms with Crippen LogP contribution in [0.25, 0.3) is 0 Å². The third-order valence-electron chi connectivity index (χ3n) is 4.02. The molecule has 0 heterocycles. The maximum absolute atomic E-state index is 12.3. The molecule has 0 radical (unpaired) electrons. The molecule has 0 aliphatic heterocycles. The largest absolute Gasteiger partial charge is 0.379 e. The van der Waals surface area contributed by atoms with Crippen molar-refractivity contribution in [2.45, 2.75) is 17.7 Å². The summed E-state index contributed by atoms with van der Waals surface area (Å²) in [6.07, 6.45) is 2.57. The molecule has 1 aromatic rings. The molecule has 1 fully saturated rings. The molecule has 0 spiro atoms. The predicted molar refractivity (Wildman–Crippen MR) is 104 cm³/mol. The zero-order valence-electron chi connectivity index (χ0n) is 14.7. The van der Waals surface area contributed by atoms with Gasteiger partial charge in [0.2, 0.25) is 0 Å². The van der Waals surface area contributed by atoms with Gasteiger partial charge in [-0.25, -0.2) is 8.42 Å². The van der Waals surface area contributed by atoms with Crippen LogP contribution in [0.15, 0.2) is 38.6 Å². The first-order valence-electron chi connectivity index (χ1n) is 8.40. The van der Waals surface area contributed by atoms with Gasteiger partial charge >= 0.3 is 0 Å². The van der Waals surface area contributed by atoms with Crippen LogP contribution in [0.4, 0.5) is 0 Å². The highest BCUT2D eigenvalue weighted by Crippen LogP contribution is 2.28. The summed E-state index contributed by atoms with van der Waals surface area (Å²) in [6.45, 7) is 2.50. The second kappa shape index (κ2) is 9.54. The minimum atomic E-state index is -3.31. The van der Waals surface area contributed by atoms with E-state index in [1.165, 1.54) is 12.8 Å². The number of nitrogens with one attached hydrogen (secondary N) is 1. The monoisotopic (exact) mass is 431 g/mol. The molecule has 140 valence electrons. The number of likely N-dealkylation sites (N-methyl/N-ethyl adjacent to an activating group) is 1. The van der Waals surface area contributed by atoms with Crippen LogP contribution in [-0.4, -0.2) is 65.4 Å². The van der Waals surface area contributed by atoms with Crippen LogP contribution in [0.1, 0.15) is 12.8 Å². The second-order valence-corrected chi connectivity index (χ2v) is 9.21.